The van der Waals surface area contributed by atoms with Crippen LogP contribution >= 0.6 is 0 Å². The second kappa shape index (κ2) is 8.28. The van der Waals surface area contributed by atoms with Crippen LogP contribution in [-0.2, 0) is 6.42 Å². The van der Waals surface area contributed by atoms with Crippen LogP contribution in [0.5, 0.6) is 0 Å². The van der Waals surface area contributed by atoms with E-state index in [9.17, 15) is 0 Å². The Hall–Kier alpha value is -0.860. The SMILES string of the molecule is CCCC(CCC)C(NN)c1cccc(CC)c1. The van der Waals surface area contributed by atoms with Crippen LogP contribution in [0.25, 0.3) is 0 Å². The van der Waals surface area contributed by atoms with Crippen molar-refractivity contribution in [3.63, 3.8) is 0 Å². The van der Waals surface area contributed by atoms with Gasteiger partial charge in [0.15, 0.2) is 0 Å². The first-order valence-electron chi connectivity index (χ1n) is 7.31. The van der Waals surface area contributed by atoms with E-state index in [4.69, 9.17) is 5.84 Å². The summed E-state index contributed by atoms with van der Waals surface area (Å²) < 4.78 is 0. The Morgan fingerprint density at radius 1 is 1.11 bits per heavy atom. The van der Waals surface area contributed by atoms with Gasteiger partial charge in [-0.3, -0.25) is 11.3 Å². The third-order valence-corrected chi connectivity index (χ3v) is 3.69. The number of hydrazine groups is 1. The van der Waals surface area contributed by atoms with Crippen molar-refractivity contribution in [3.05, 3.63) is 35.4 Å². The summed E-state index contributed by atoms with van der Waals surface area (Å²) in [4.78, 5) is 0. The molecule has 0 aromatic heterocycles. The van der Waals surface area contributed by atoms with Crippen molar-refractivity contribution in [1.29, 1.82) is 0 Å². The first kappa shape index (κ1) is 15.2. The summed E-state index contributed by atoms with van der Waals surface area (Å²) in [6.45, 7) is 6.69. The van der Waals surface area contributed by atoms with Gasteiger partial charge in [0.2, 0.25) is 0 Å². The molecule has 0 bridgehead atoms. The Kier molecular flexibility index (Phi) is 6.99. The van der Waals surface area contributed by atoms with Gasteiger partial charge in [-0.25, -0.2) is 0 Å². The summed E-state index contributed by atoms with van der Waals surface area (Å²) >= 11 is 0. The van der Waals surface area contributed by atoms with Crippen LogP contribution in [0.15, 0.2) is 24.3 Å². The van der Waals surface area contributed by atoms with Gasteiger partial charge in [-0.05, 0) is 36.3 Å². The summed E-state index contributed by atoms with van der Waals surface area (Å²) in [6.07, 6.45) is 5.99. The fraction of sp³-hybridized carbons (Fsp3) is 0.625. The van der Waals surface area contributed by atoms with E-state index in [-0.39, 0.29) is 6.04 Å². The number of aryl methyl sites for hydroxylation is 1. The van der Waals surface area contributed by atoms with Gasteiger partial charge in [-0.1, -0.05) is 57.9 Å². The molecule has 1 aromatic rings. The van der Waals surface area contributed by atoms with E-state index in [1.54, 1.807) is 0 Å². The second-order valence-electron chi connectivity index (χ2n) is 5.08. The molecule has 0 heterocycles. The number of hydrogen-bond donors (Lipinski definition) is 2. The lowest BCUT2D eigenvalue weighted by Gasteiger charge is -2.27. The predicted octanol–water partition coefficient (Wildman–Crippen LogP) is 3.97. The van der Waals surface area contributed by atoms with Gasteiger partial charge in [0.05, 0.1) is 0 Å². The first-order chi connectivity index (χ1) is 8.76. The highest BCUT2D eigenvalue weighted by Crippen LogP contribution is 2.29. The van der Waals surface area contributed by atoms with Gasteiger partial charge in [-0.2, -0.15) is 0 Å². The molecule has 0 aliphatic heterocycles. The van der Waals surface area contributed by atoms with Crippen LogP contribution in [0.1, 0.15) is 63.6 Å². The highest BCUT2D eigenvalue weighted by Gasteiger charge is 2.20. The smallest absolute Gasteiger partial charge is 0.0488 e. The fourth-order valence-corrected chi connectivity index (χ4v) is 2.73. The molecule has 18 heavy (non-hydrogen) atoms. The maximum absolute atomic E-state index is 5.81. The third-order valence-electron chi connectivity index (χ3n) is 3.69. The van der Waals surface area contributed by atoms with Gasteiger partial charge in [0, 0.05) is 6.04 Å². The number of hydrogen-bond acceptors (Lipinski definition) is 2. The molecular weight excluding hydrogens is 220 g/mol. The van der Waals surface area contributed by atoms with Crippen molar-refractivity contribution in [2.45, 2.75) is 58.9 Å². The maximum Gasteiger partial charge on any atom is 0.0488 e. The van der Waals surface area contributed by atoms with Crippen molar-refractivity contribution >= 4 is 0 Å². The molecule has 1 rings (SSSR count). The zero-order valence-electron chi connectivity index (χ0n) is 12.1. The monoisotopic (exact) mass is 248 g/mol. The molecule has 102 valence electrons. The van der Waals surface area contributed by atoms with Crippen molar-refractivity contribution in [2.24, 2.45) is 11.8 Å². The highest BCUT2D eigenvalue weighted by atomic mass is 15.2. The maximum atomic E-state index is 5.81. The van der Waals surface area contributed by atoms with Crippen LogP contribution in [0, 0.1) is 5.92 Å². The van der Waals surface area contributed by atoms with Crippen molar-refractivity contribution in [3.8, 4) is 0 Å². The minimum absolute atomic E-state index is 0.288. The molecule has 2 nitrogen and oxygen atoms in total. The minimum Gasteiger partial charge on any atom is -0.271 e. The summed E-state index contributed by atoms with van der Waals surface area (Å²) in [6, 6.07) is 9.11. The second-order valence-corrected chi connectivity index (χ2v) is 5.08. The van der Waals surface area contributed by atoms with Crippen LogP contribution in [-0.4, -0.2) is 0 Å². The Labute approximate surface area is 112 Å². The van der Waals surface area contributed by atoms with Gasteiger partial charge < -0.3 is 0 Å². The summed E-state index contributed by atoms with van der Waals surface area (Å²) in [5, 5.41) is 0. The average molecular weight is 248 g/mol. The molecule has 0 aliphatic carbocycles. The first-order valence-corrected chi connectivity index (χ1v) is 7.31. The zero-order chi connectivity index (χ0) is 13.4. The molecule has 0 amide bonds. The average Bonchev–Trinajstić information content (AvgIpc) is 2.40. The van der Waals surface area contributed by atoms with Crippen LogP contribution < -0.4 is 11.3 Å². The van der Waals surface area contributed by atoms with Crippen molar-refractivity contribution < 1.29 is 0 Å². The molecule has 0 saturated carbocycles. The molecule has 0 saturated heterocycles. The number of nitrogens with one attached hydrogen (secondary N) is 1. The number of rotatable bonds is 8. The largest absolute Gasteiger partial charge is 0.271 e. The minimum atomic E-state index is 0.288. The van der Waals surface area contributed by atoms with Gasteiger partial charge in [0.1, 0.15) is 0 Å². The Morgan fingerprint density at radius 3 is 2.28 bits per heavy atom. The molecule has 1 unspecified atom stereocenters. The summed E-state index contributed by atoms with van der Waals surface area (Å²) in [5.41, 5.74) is 5.76. The summed E-state index contributed by atoms with van der Waals surface area (Å²) in [7, 11) is 0. The molecular formula is C16H28N2. The molecule has 1 atom stereocenters. The molecule has 0 fully saturated rings. The van der Waals surface area contributed by atoms with E-state index in [1.165, 1.54) is 36.8 Å². The van der Waals surface area contributed by atoms with Crippen molar-refractivity contribution in [1.82, 2.24) is 5.43 Å². The lowest BCUT2D eigenvalue weighted by atomic mass is 9.86. The Morgan fingerprint density at radius 2 is 1.78 bits per heavy atom. The molecule has 1 aromatic carbocycles. The number of nitrogens with two attached hydrogens (primary N) is 1. The van der Waals surface area contributed by atoms with E-state index >= 15 is 0 Å². The van der Waals surface area contributed by atoms with E-state index in [2.05, 4.69) is 50.5 Å². The van der Waals surface area contributed by atoms with E-state index in [0.717, 1.165) is 6.42 Å². The van der Waals surface area contributed by atoms with E-state index in [1.807, 2.05) is 0 Å². The normalized spacial score (nSPS) is 12.9. The lowest BCUT2D eigenvalue weighted by Crippen LogP contribution is -2.33. The lowest BCUT2D eigenvalue weighted by molar-refractivity contribution is 0.319. The van der Waals surface area contributed by atoms with Crippen LogP contribution in [0.3, 0.4) is 0 Å². The predicted molar refractivity (Wildman–Crippen MR) is 79.2 cm³/mol. The Bertz CT molecular complexity index is 330. The quantitative estimate of drug-likeness (QED) is 0.539. The van der Waals surface area contributed by atoms with Crippen molar-refractivity contribution in [2.75, 3.05) is 0 Å². The zero-order valence-corrected chi connectivity index (χ0v) is 12.1. The Balaban J connectivity index is 2.90. The van der Waals surface area contributed by atoms with Gasteiger partial charge in [-0.15, -0.1) is 0 Å². The van der Waals surface area contributed by atoms with E-state index in [0.29, 0.717) is 5.92 Å². The molecule has 0 radical (unpaired) electrons. The van der Waals surface area contributed by atoms with Crippen LogP contribution in [0.4, 0.5) is 0 Å². The molecule has 0 aliphatic rings. The summed E-state index contributed by atoms with van der Waals surface area (Å²) in [5.74, 6) is 6.44. The van der Waals surface area contributed by atoms with E-state index < -0.39 is 0 Å². The van der Waals surface area contributed by atoms with Crippen LogP contribution in [0.2, 0.25) is 0 Å². The molecule has 2 heteroatoms. The van der Waals surface area contributed by atoms with Gasteiger partial charge >= 0.3 is 0 Å². The topological polar surface area (TPSA) is 38.0 Å². The molecule has 0 spiro atoms. The van der Waals surface area contributed by atoms with Gasteiger partial charge in [0.25, 0.3) is 0 Å². The standard InChI is InChI=1S/C16H28N2/c1-4-8-14(9-5-2)16(18-17)15-11-7-10-13(6-3)12-15/h7,10-12,14,16,18H,4-6,8-9,17H2,1-3H3. The fourth-order valence-electron chi connectivity index (χ4n) is 2.73. The number of benzene rings is 1. The third kappa shape index (κ3) is 4.11. The molecule has 3 N–H and O–H groups in total. The highest BCUT2D eigenvalue weighted by molar-refractivity contribution is 5.26.